The summed E-state index contributed by atoms with van der Waals surface area (Å²) in [6.45, 7) is 1.03. The number of halogens is 2. The zero-order valence-corrected chi connectivity index (χ0v) is 11.4. The highest BCUT2D eigenvalue weighted by Crippen LogP contribution is 2.17. The van der Waals surface area contributed by atoms with Gasteiger partial charge in [-0.15, -0.1) is 0 Å². The minimum absolute atomic E-state index is 0.506. The summed E-state index contributed by atoms with van der Waals surface area (Å²) in [7, 11) is 0. The van der Waals surface area contributed by atoms with Crippen LogP contribution < -0.4 is 0 Å². The third-order valence-corrected chi connectivity index (χ3v) is 3.05. The summed E-state index contributed by atoms with van der Waals surface area (Å²) in [6.07, 6.45) is 3.54. The van der Waals surface area contributed by atoms with E-state index in [4.69, 9.17) is 16.3 Å². The van der Waals surface area contributed by atoms with Crippen molar-refractivity contribution in [3.05, 3.63) is 63.3 Å². The number of hydrogen-bond donors (Lipinski definition) is 0. The lowest BCUT2D eigenvalue weighted by atomic mass is 10.2. The molecule has 0 N–H and O–H groups in total. The summed E-state index contributed by atoms with van der Waals surface area (Å²) in [4.78, 5) is 4.07. The molecule has 1 aromatic heterocycles. The molecule has 88 valence electrons. The van der Waals surface area contributed by atoms with Crippen molar-refractivity contribution in [2.24, 2.45) is 0 Å². The molecule has 0 fully saturated rings. The summed E-state index contributed by atoms with van der Waals surface area (Å²) in [5, 5.41) is 0.736. The summed E-state index contributed by atoms with van der Waals surface area (Å²) < 4.78 is 6.55. The molecule has 0 aliphatic heterocycles. The highest BCUT2D eigenvalue weighted by molar-refractivity contribution is 9.10. The second kappa shape index (κ2) is 6.15. The number of aromatic nitrogens is 1. The molecule has 0 saturated carbocycles. The van der Waals surface area contributed by atoms with E-state index in [-0.39, 0.29) is 0 Å². The van der Waals surface area contributed by atoms with Crippen LogP contribution >= 0.6 is 27.5 Å². The minimum Gasteiger partial charge on any atom is -0.372 e. The lowest BCUT2D eigenvalue weighted by Crippen LogP contribution is -1.95. The number of pyridine rings is 1. The lowest BCUT2D eigenvalue weighted by molar-refractivity contribution is 0.107. The van der Waals surface area contributed by atoms with Crippen molar-refractivity contribution in [1.29, 1.82) is 0 Å². The maximum absolute atomic E-state index is 6.03. The third-order valence-electron chi connectivity index (χ3n) is 2.25. The van der Waals surface area contributed by atoms with Crippen LogP contribution in [0.15, 0.2) is 47.2 Å². The van der Waals surface area contributed by atoms with E-state index in [1.54, 1.807) is 12.4 Å². The molecule has 0 radical (unpaired) electrons. The monoisotopic (exact) mass is 311 g/mol. The summed E-state index contributed by atoms with van der Waals surface area (Å²) in [5.41, 5.74) is 2.03. The molecule has 17 heavy (non-hydrogen) atoms. The van der Waals surface area contributed by atoms with Gasteiger partial charge in [0, 0.05) is 21.9 Å². The maximum Gasteiger partial charge on any atom is 0.0736 e. The first kappa shape index (κ1) is 12.6. The molecule has 0 atom stereocenters. The van der Waals surface area contributed by atoms with E-state index in [0.717, 1.165) is 20.6 Å². The Kier molecular flexibility index (Phi) is 4.54. The molecule has 4 heteroatoms. The molecule has 2 nitrogen and oxygen atoms in total. The lowest BCUT2D eigenvalue weighted by Gasteiger charge is -2.06. The second-order valence-electron chi connectivity index (χ2n) is 3.60. The molecule has 0 saturated heterocycles. The van der Waals surface area contributed by atoms with Gasteiger partial charge in [-0.2, -0.15) is 0 Å². The number of rotatable bonds is 4. The van der Waals surface area contributed by atoms with Gasteiger partial charge >= 0.3 is 0 Å². The first-order valence-electron chi connectivity index (χ1n) is 5.16. The summed E-state index contributed by atoms with van der Waals surface area (Å²) in [6, 6.07) is 9.66. The van der Waals surface area contributed by atoms with Gasteiger partial charge in [0.1, 0.15) is 0 Å². The third kappa shape index (κ3) is 3.80. The van der Waals surface area contributed by atoms with E-state index in [2.05, 4.69) is 20.9 Å². The number of benzene rings is 1. The number of nitrogens with zero attached hydrogens (tertiary/aromatic N) is 1. The molecule has 0 aliphatic rings. The smallest absolute Gasteiger partial charge is 0.0736 e. The van der Waals surface area contributed by atoms with Crippen LogP contribution in [0.2, 0.25) is 5.02 Å². The van der Waals surface area contributed by atoms with Crippen LogP contribution in [-0.4, -0.2) is 4.98 Å². The zero-order valence-electron chi connectivity index (χ0n) is 9.07. The Balaban J connectivity index is 1.90. The van der Waals surface area contributed by atoms with Gasteiger partial charge in [-0.3, -0.25) is 4.98 Å². The molecular weight excluding hydrogens is 302 g/mol. The van der Waals surface area contributed by atoms with Gasteiger partial charge in [0.05, 0.1) is 13.2 Å². The van der Waals surface area contributed by atoms with Gasteiger partial charge in [-0.25, -0.2) is 0 Å². The average Bonchev–Trinajstić information content (AvgIpc) is 2.32. The largest absolute Gasteiger partial charge is 0.372 e. The van der Waals surface area contributed by atoms with Crippen molar-refractivity contribution >= 4 is 27.5 Å². The molecule has 2 aromatic rings. The second-order valence-corrected chi connectivity index (χ2v) is 4.92. The Labute approximate surface area is 114 Å². The van der Waals surface area contributed by atoms with Gasteiger partial charge < -0.3 is 4.74 Å². The summed E-state index contributed by atoms with van der Waals surface area (Å²) in [5.74, 6) is 0. The van der Waals surface area contributed by atoms with Gasteiger partial charge in [-0.05, 0) is 39.2 Å². The molecule has 0 spiro atoms. The first-order chi connectivity index (χ1) is 8.25. The maximum atomic E-state index is 6.03. The van der Waals surface area contributed by atoms with E-state index in [9.17, 15) is 0 Å². The van der Waals surface area contributed by atoms with Gasteiger partial charge in [0.25, 0.3) is 0 Å². The minimum atomic E-state index is 0.506. The van der Waals surface area contributed by atoms with Crippen molar-refractivity contribution in [3.63, 3.8) is 0 Å². The van der Waals surface area contributed by atoms with Crippen LogP contribution in [0.4, 0.5) is 0 Å². The van der Waals surface area contributed by atoms with Crippen LogP contribution in [0, 0.1) is 0 Å². The predicted molar refractivity (Wildman–Crippen MR) is 71.9 cm³/mol. The fourth-order valence-corrected chi connectivity index (χ4v) is 2.03. The number of hydrogen-bond acceptors (Lipinski definition) is 2. The SMILES string of the molecule is Clc1ccccc1COCc1cncc(Br)c1. The Morgan fingerprint density at radius 1 is 1.18 bits per heavy atom. The van der Waals surface area contributed by atoms with Crippen LogP contribution in [0.3, 0.4) is 0 Å². The van der Waals surface area contributed by atoms with Crippen molar-refractivity contribution < 1.29 is 4.74 Å². The zero-order chi connectivity index (χ0) is 12.1. The molecular formula is C13H11BrClNO. The molecule has 2 rings (SSSR count). The van der Waals surface area contributed by atoms with Crippen molar-refractivity contribution in [1.82, 2.24) is 4.98 Å². The first-order valence-corrected chi connectivity index (χ1v) is 6.33. The Hall–Kier alpha value is -0.900. The van der Waals surface area contributed by atoms with E-state index in [1.807, 2.05) is 30.3 Å². The highest BCUT2D eigenvalue weighted by atomic mass is 79.9. The molecule has 1 aromatic carbocycles. The van der Waals surface area contributed by atoms with Crippen molar-refractivity contribution in [2.75, 3.05) is 0 Å². The Bertz CT molecular complexity index is 504. The van der Waals surface area contributed by atoms with Gasteiger partial charge in [-0.1, -0.05) is 29.8 Å². The van der Waals surface area contributed by atoms with Gasteiger partial charge in [0.15, 0.2) is 0 Å². The van der Waals surface area contributed by atoms with Crippen molar-refractivity contribution in [3.8, 4) is 0 Å². The quantitative estimate of drug-likeness (QED) is 0.843. The van der Waals surface area contributed by atoms with Crippen molar-refractivity contribution in [2.45, 2.75) is 13.2 Å². The van der Waals surface area contributed by atoms with Crippen LogP contribution in [0.5, 0.6) is 0 Å². The molecule has 0 bridgehead atoms. The highest BCUT2D eigenvalue weighted by Gasteiger charge is 2.00. The van der Waals surface area contributed by atoms with E-state index in [0.29, 0.717) is 13.2 Å². The summed E-state index contributed by atoms with van der Waals surface area (Å²) >= 11 is 9.40. The molecule has 1 heterocycles. The normalized spacial score (nSPS) is 10.5. The molecule has 0 amide bonds. The Morgan fingerprint density at radius 2 is 2.00 bits per heavy atom. The van der Waals surface area contributed by atoms with Crippen LogP contribution in [0.1, 0.15) is 11.1 Å². The van der Waals surface area contributed by atoms with E-state index in [1.165, 1.54) is 0 Å². The number of ether oxygens (including phenoxy) is 1. The fourth-order valence-electron chi connectivity index (χ4n) is 1.43. The van der Waals surface area contributed by atoms with E-state index < -0.39 is 0 Å². The average molecular weight is 313 g/mol. The van der Waals surface area contributed by atoms with Gasteiger partial charge in [0.2, 0.25) is 0 Å². The Morgan fingerprint density at radius 3 is 2.76 bits per heavy atom. The molecule has 0 aliphatic carbocycles. The standard InChI is InChI=1S/C13H11BrClNO/c14-12-5-10(6-16-7-12)8-17-9-11-3-1-2-4-13(11)15/h1-7H,8-9H2. The molecule has 0 unspecified atom stereocenters. The topological polar surface area (TPSA) is 22.1 Å². The van der Waals surface area contributed by atoms with Crippen LogP contribution in [-0.2, 0) is 18.0 Å². The van der Waals surface area contributed by atoms with E-state index >= 15 is 0 Å². The van der Waals surface area contributed by atoms with Crippen LogP contribution in [0.25, 0.3) is 0 Å². The fraction of sp³-hybridized carbons (Fsp3) is 0.154. The predicted octanol–water partition coefficient (Wildman–Crippen LogP) is 4.21.